The van der Waals surface area contributed by atoms with Gasteiger partial charge in [-0.1, -0.05) is 23.7 Å². The highest BCUT2D eigenvalue weighted by Crippen LogP contribution is 2.17. The number of rotatable bonds is 4. The maximum atomic E-state index is 10.2. The van der Waals surface area contributed by atoms with Crippen LogP contribution in [0.4, 0.5) is 0 Å². The summed E-state index contributed by atoms with van der Waals surface area (Å²) in [6, 6.07) is 7.63. The lowest BCUT2D eigenvalue weighted by molar-refractivity contribution is 0.175. The number of hydrogen-bond acceptors (Lipinski definition) is 2. The minimum atomic E-state index is -0.417. The minimum absolute atomic E-state index is 0.417. The number of aliphatic hydroxyl groups is 1. The van der Waals surface area contributed by atoms with E-state index in [0.29, 0.717) is 17.9 Å². The average molecular weight is 279 g/mol. The molecule has 0 saturated heterocycles. The molecule has 102 valence electrons. The van der Waals surface area contributed by atoms with Gasteiger partial charge in [-0.15, -0.1) is 0 Å². The first-order valence-corrected chi connectivity index (χ1v) is 6.76. The molecule has 4 heteroatoms. The van der Waals surface area contributed by atoms with Crippen LogP contribution in [0.25, 0.3) is 0 Å². The minimum Gasteiger partial charge on any atom is -0.392 e. The van der Waals surface area contributed by atoms with E-state index in [2.05, 4.69) is 5.10 Å². The fourth-order valence-electron chi connectivity index (χ4n) is 2.36. The van der Waals surface area contributed by atoms with Crippen molar-refractivity contribution in [2.45, 2.75) is 32.8 Å². The molecule has 0 amide bonds. The Bertz CT molecular complexity index is 578. The zero-order chi connectivity index (χ0) is 14.0. The lowest BCUT2D eigenvalue weighted by Crippen LogP contribution is -2.15. The molecule has 0 aliphatic rings. The Morgan fingerprint density at radius 1 is 1.32 bits per heavy atom. The maximum absolute atomic E-state index is 10.2. The Kier molecular flexibility index (Phi) is 4.27. The Balaban J connectivity index is 2.07. The summed E-state index contributed by atoms with van der Waals surface area (Å²) in [5.41, 5.74) is 4.30. The van der Waals surface area contributed by atoms with Gasteiger partial charge in [0.1, 0.15) is 0 Å². The average Bonchev–Trinajstić information content (AvgIpc) is 2.56. The van der Waals surface area contributed by atoms with Gasteiger partial charge in [0, 0.05) is 24.2 Å². The first-order chi connectivity index (χ1) is 8.97. The summed E-state index contributed by atoms with van der Waals surface area (Å²) in [5.74, 6) is 0. The maximum Gasteiger partial charge on any atom is 0.0629 e. The van der Waals surface area contributed by atoms with E-state index in [-0.39, 0.29) is 0 Å². The van der Waals surface area contributed by atoms with Gasteiger partial charge in [0.05, 0.1) is 11.8 Å². The molecule has 0 radical (unpaired) electrons. The highest BCUT2D eigenvalue weighted by molar-refractivity contribution is 6.30. The largest absolute Gasteiger partial charge is 0.392 e. The molecule has 1 N–H and O–H groups in total. The summed E-state index contributed by atoms with van der Waals surface area (Å²) < 4.78 is 1.86. The summed E-state index contributed by atoms with van der Waals surface area (Å²) >= 11 is 5.95. The van der Waals surface area contributed by atoms with Gasteiger partial charge in [-0.25, -0.2) is 0 Å². The summed E-state index contributed by atoms with van der Waals surface area (Å²) in [6.45, 7) is 4.01. The predicted octanol–water partition coefficient (Wildman–Crippen LogP) is 2.84. The molecule has 1 atom stereocenters. The molecule has 0 bridgehead atoms. The lowest BCUT2D eigenvalue weighted by Gasteiger charge is -2.11. The fraction of sp³-hybridized carbons (Fsp3) is 0.400. The molecule has 0 fully saturated rings. The van der Waals surface area contributed by atoms with E-state index in [1.807, 2.05) is 49.8 Å². The second-order valence-electron chi connectivity index (χ2n) is 4.96. The smallest absolute Gasteiger partial charge is 0.0629 e. The molecule has 1 aromatic heterocycles. The Hall–Kier alpha value is -1.32. The molecule has 0 saturated carbocycles. The standard InChI is InChI=1S/C15H19ClN2O/c1-10-15(11(2)18(3)17-10)9-14(19)8-12-5-4-6-13(16)7-12/h4-7,14,19H,8-9H2,1-3H3. The van der Waals surface area contributed by atoms with Crippen LogP contribution >= 0.6 is 11.6 Å². The van der Waals surface area contributed by atoms with Crippen LogP contribution < -0.4 is 0 Å². The van der Waals surface area contributed by atoms with Gasteiger partial charge in [0.2, 0.25) is 0 Å². The molecule has 1 heterocycles. The Labute approximate surface area is 118 Å². The highest BCUT2D eigenvalue weighted by atomic mass is 35.5. The Morgan fingerprint density at radius 2 is 2.05 bits per heavy atom. The fourth-order valence-corrected chi connectivity index (χ4v) is 2.57. The van der Waals surface area contributed by atoms with Crippen molar-refractivity contribution in [3.63, 3.8) is 0 Å². The quantitative estimate of drug-likeness (QED) is 0.934. The number of halogens is 1. The van der Waals surface area contributed by atoms with E-state index >= 15 is 0 Å². The molecular formula is C15H19ClN2O. The van der Waals surface area contributed by atoms with Crippen LogP contribution in [0, 0.1) is 13.8 Å². The SMILES string of the molecule is Cc1nn(C)c(C)c1CC(O)Cc1cccc(Cl)c1. The molecule has 0 aliphatic heterocycles. The van der Waals surface area contributed by atoms with Crippen molar-refractivity contribution < 1.29 is 5.11 Å². The van der Waals surface area contributed by atoms with Gasteiger partial charge < -0.3 is 5.11 Å². The van der Waals surface area contributed by atoms with Crippen molar-refractivity contribution in [1.82, 2.24) is 9.78 Å². The molecule has 2 rings (SSSR count). The number of benzene rings is 1. The number of hydrogen-bond donors (Lipinski definition) is 1. The van der Waals surface area contributed by atoms with E-state index in [1.165, 1.54) is 0 Å². The van der Waals surface area contributed by atoms with E-state index in [9.17, 15) is 5.11 Å². The van der Waals surface area contributed by atoms with Crippen molar-refractivity contribution in [3.8, 4) is 0 Å². The first kappa shape index (κ1) is 14.1. The van der Waals surface area contributed by atoms with Crippen molar-refractivity contribution in [1.29, 1.82) is 0 Å². The van der Waals surface area contributed by atoms with Gasteiger partial charge >= 0.3 is 0 Å². The third-order valence-corrected chi connectivity index (χ3v) is 3.69. The van der Waals surface area contributed by atoms with Crippen LogP contribution in [0.5, 0.6) is 0 Å². The van der Waals surface area contributed by atoms with Gasteiger partial charge in [-0.2, -0.15) is 5.10 Å². The zero-order valence-corrected chi connectivity index (χ0v) is 12.3. The lowest BCUT2D eigenvalue weighted by atomic mass is 10.0. The molecule has 1 aromatic carbocycles. The van der Waals surface area contributed by atoms with Crippen LogP contribution in [0.2, 0.25) is 5.02 Å². The highest BCUT2D eigenvalue weighted by Gasteiger charge is 2.14. The van der Waals surface area contributed by atoms with E-state index < -0.39 is 6.10 Å². The third-order valence-electron chi connectivity index (χ3n) is 3.46. The van der Waals surface area contributed by atoms with Crippen LogP contribution in [0.1, 0.15) is 22.5 Å². The van der Waals surface area contributed by atoms with Gasteiger partial charge in [0.25, 0.3) is 0 Å². The van der Waals surface area contributed by atoms with Crippen molar-refractivity contribution in [2.24, 2.45) is 7.05 Å². The topological polar surface area (TPSA) is 38.0 Å². The van der Waals surface area contributed by atoms with Crippen molar-refractivity contribution in [3.05, 3.63) is 51.8 Å². The molecule has 0 aliphatic carbocycles. The van der Waals surface area contributed by atoms with E-state index in [4.69, 9.17) is 11.6 Å². The summed E-state index contributed by atoms with van der Waals surface area (Å²) in [7, 11) is 1.93. The molecule has 3 nitrogen and oxygen atoms in total. The zero-order valence-electron chi connectivity index (χ0n) is 11.5. The number of aliphatic hydroxyl groups excluding tert-OH is 1. The Morgan fingerprint density at radius 3 is 2.63 bits per heavy atom. The summed E-state index contributed by atoms with van der Waals surface area (Å²) in [5, 5.41) is 15.3. The second-order valence-corrected chi connectivity index (χ2v) is 5.40. The summed E-state index contributed by atoms with van der Waals surface area (Å²) in [6.07, 6.45) is 0.812. The number of nitrogens with zero attached hydrogens (tertiary/aromatic N) is 2. The molecule has 1 unspecified atom stereocenters. The van der Waals surface area contributed by atoms with E-state index in [0.717, 1.165) is 22.5 Å². The predicted molar refractivity (Wildman–Crippen MR) is 77.5 cm³/mol. The third kappa shape index (κ3) is 3.37. The van der Waals surface area contributed by atoms with Gasteiger partial charge in [-0.3, -0.25) is 4.68 Å². The molecule has 2 aromatic rings. The second kappa shape index (κ2) is 5.76. The van der Waals surface area contributed by atoms with Crippen LogP contribution in [0.15, 0.2) is 24.3 Å². The van der Waals surface area contributed by atoms with Crippen molar-refractivity contribution >= 4 is 11.6 Å². The molecule has 0 spiro atoms. The molecular weight excluding hydrogens is 260 g/mol. The van der Waals surface area contributed by atoms with Gasteiger partial charge in [0.15, 0.2) is 0 Å². The number of aryl methyl sites for hydroxylation is 2. The van der Waals surface area contributed by atoms with Crippen LogP contribution in [0.3, 0.4) is 0 Å². The molecule has 19 heavy (non-hydrogen) atoms. The first-order valence-electron chi connectivity index (χ1n) is 6.39. The van der Waals surface area contributed by atoms with Crippen LogP contribution in [-0.2, 0) is 19.9 Å². The number of aromatic nitrogens is 2. The monoisotopic (exact) mass is 278 g/mol. The van der Waals surface area contributed by atoms with Gasteiger partial charge in [-0.05, 0) is 43.5 Å². The summed E-state index contributed by atoms with van der Waals surface area (Å²) in [4.78, 5) is 0. The van der Waals surface area contributed by atoms with Crippen LogP contribution in [-0.4, -0.2) is 21.0 Å². The van der Waals surface area contributed by atoms with Crippen molar-refractivity contribution in [2.75, 3.05) is 0 Å². The van der Waals surface area contributed by atoms with E-state index in [1.54, 1.807) is 0 Å². The normalized spacial score (nSPS) is 12.7.